The first-order valence-corrected chi connectivity index (χ1v) is 7.37. The van der Waals surface area contributed by atoms with Gasteiger partial charge in [0, 0.05) is 12.1 Å². The third-order valence-corrected chi connectivity index (χ3v) is 4.15. The summed E-state index contributed by atoms with van der Waals surface area (Å²) >= 11 is 0. The average Bonchev–Trinajstić information content (AvgIpc) is 3.01. The van der Waals surface area contributed by atoms with E-state index in [0.717, 1.165) is 36.9 Å². The lowest BCUT2D eigenvalue weighted by Gasteiger charge is -2.38. The van der Waals surface area contributed by atoms with Crippen molar-refractivity contribution >= 4 is 5.91 Å². The number of rotatable bonds is 2. The Balaban J connectivity index is 1.82. The van der Waals surface area contributed by atoms with Gasteiger partial charge in [0.1, 0.15) is 0 Å². The molecule has 4 nitrogen and oxygen atoms in total. The van der Waals surface area contributed by atoms with Crippen LogP contribution in [0, 0.1) is 6.92 Å². The highest BCUT2D eigenvalue weighted by Gasteiger charge is 2.36. The molecule has 2 saturated heterocycles. The molecule has 20 heavy (non-hydrogen) atoms. The third kappa shape index (κ3) is 2.58. The smallest absolute Gasteiger partial charge is 0.254 e. The number of nitrogens with zero attached hydrogens (tertiary/aromatic N) is 1. The number of hydrogen-bond acceptors (Lipinski definition) is 3. The minimum atomic E-state index is -0.247. The van der Waals surface area contributed by atoms with Gasteiger partial charge in [0.2, 0.25) is 0 Å². The average molecular weight is 275 g/mol. The van der Waals surface area contributed by atoms with Crippen LogP contribution < -0.4 is 0 Å². The number of piperidine rings is 1. The second-order valence-electron chi connectivity index (χ2n) is 5.49. The van der Waals surface area contributed by atoms with Crippen LogP contribution in [0.5, 0.6) is 0 Å². The Kier molecular flexibility index (Phi) is 4.03. The zero-order chi connectivity index (χ0) is 13.9. The lowest BCUT2D eigenvalue weighted by atomic mass is 9.99. The van der Waals surface area contributed by atoms with Crippen LogP contribution in [0.25, 0.3) is 0 Å². The van der Waals surface area contributed by atoms with Crippen LogP contribution in [0.1, 0.15) is 35.2 Å². The first-order chi connectivity index (χ1) is 9.77. The molecular weight excluding hydrogens is 254 g/mol. The maximum absolute atomic E-state index is 12.8. The number of aryl methyl sites for hydroxylation is 1. The molecular formula is C16H21NO3. The number of carbonyl (C=O) groups excluding carboxylic acids is 1. The predicted octanol–water partition coefficient (Wildman–Crippen LogP) is 2.36. The van der Waals surface area contributed by atoms with Gasteiger partial charge in [-0.25, -0.2) is 0 Å². The summed E-state index contributed by atoms with van der Waals surface area (Å²) in [4.78, 5) is 14.7. The van der Waals surface area contributed by atoms with E-state index in [0.29, 0.717) is 13.2 Å². The van der Waals surface area contributed by atoms with Crippen LogP contribution in [0.2, 0.25) is 0 Å². The lowest BCUT2D eigenvalue weighted by molar-refractivity contribution is -0.100. The summed E-state index contributed by atoms with van der Waals surface area (Å²) in [6, 6.07) is 7.82. The summed E-state index contributed by atoms with van der Waals surface area (Å²) in [7, 11) is 0. The molecule has 1 atom stereocenters. The van der Waals surface area contributed by atoms with Gasteiger partial charge in [-0.3, -0.25) is 4.79 Å². The molecule has 4 heteroatoms. The molecule has 2 aliphatic rings. The van der Waals surface area contributed by atoms with Crippen molar-refractivity contribution in [1.29, 1.82) is 0 Å². The molecule has 0 unspecified atom stereocenters. The molecule has 0 saturated carbocycles. The number of hydrogen-bond donors (Lipinski definition) is 0. The van der Waals surface area contributed by atoms with Crippen LogP contribution >= 0.6 is 0 Å². The van der Waals surface area contributed by atoms with Gasteiger partial charge in [0.05, 0.1) is 19.3 Å². The van der Waals surface area contributed by atoms with Crippen molar-refractivity contribution in [3.63, 3.8) is 0 Å². The predicted molar refractivity (Wildman–Crippen MR) is 75.5 cm³/mol. The van der Waals surface area contributed by atoms with E-state index in [9.17, 15) is 4.79 Å². The Hall–Kier alpha value is -1.39. The zero-order valence-corrected chi connectivity index (χ0v) is 11.9. The number of benzene rings is 1. The van der Waals surface area contributed by atoms with E-state index in [-0.39, 0.29) is 18.2 Å². The number of ether oxygens (including phenoxy) is 2. The van der Waals surface area contributed by atoms with Crippen molar-refractivity contribution < 1.29 is 14.3 Å². The Morgan fingerprint density at radius 3 is 2.70 bits per heavy atom. The van der Waals surface area contributed by atoms with Crippen LogP contribution in [0.15, 0.2) is 24.3 Å². The molecule has 2 heterocycles. The minimum absolute atomic E-state index is 0.0540. The maximum atomic E-state index is 12.8. The quantitative estimate of drug-likeness (QED) is 0.831. The lowest BCUT2D eigenvalue weighted by Crippen LogP contribution is -2.50. The monoisotopic (exact) mass is 275 g/mol. The van der Waals surface area contributed by atoms with Crippen molar-refractivity contribution in [3.05, 3.63) is 35.4 Å². The van der Waals surface area contributed by atoms with Crippen molar-refractivity contribution in [1.82, 2.24) is 4.90 Å². The largest absolute Gasteiger partial charge is 0.348 e. The summed E-state index contributed by atoms with van der Waals surface area (Å²) in [6.45, 7) is 4.04. The number of likely N-dealkylation sites (tertiary alicyclic amines) is 1. The molecule has 0 radical (unpaired) electrons. The minimum Gasteiger partial charge on any atom is -0.348 e. The van der Waals surface area contributed by atoms with Gasteiger partial charge in [-0.1, -0.05) is 18.2 Å². The molecule has 0 aliphatic carbocycles. The second-order valence-corrected chi connectivity index (χ2v) is 5.49. The molecule has 0 N–H and O–H groups in total. The van der Waals surface area contributed by atoms with Gasteiger partial charge >= 0.3 is 0 Å². The Bertz CT molecular complexity index is 482. The SMILES string of the molecule is Cc1ccccc1C(=O)N1CCCC[C@H]1C1OCCO1. The van der Waals surface area contributed by atoms with Crippen molar-refractivity contribution in [2.24, 2.45) is 0 Å². The van der Waals surface area contributed by atoms with E-state index in [1.807, 2.05) is 36.1 Å². The van der Waals surface area contributed by atoms with Gasteiger partial charge in [0.15, 0.2) is 6.29 Å². The second kappa shape index (κ2) is 5.94. The number of carbonyl (C=O) groups is 1. The summed E-state index contributed by atoms with van der Waals surface area (Å²) in [5.41, 5.74) is 1.81. The Morgan fingerprint density at radius 1 is 1.20 bits per heavy atom. The van der Waals surface area contributed by atoms with Crippen LogP contribution in [0.4, 0.5) is 0 Å². The van der Waals surface area contributed by atoms with E-state index >= 15 is 0 Å². The van der Waals surface area contributed by atoms with Gasteiger partial charge in [-0.15, -0.1) is 0 Å². The molecule has 0 spiro atoms. The van der Waals surface area contributed by atoms with Crippen LogP contribution in [0.3, 0.4) is 0 Å². The van der Waals surface area contributed by atoms with E-state index < -0.39 is 0 Å². The van der Waals surface area contributed by atoms with Crippen LogP contribution in [-0.2, 0) is 9.47 Å². The van der Waals surface area contributed by atoms with E-state index in [1.54, 1.807) is 0 Å². The third-order valence-electron chi connectivity index (χ3n) is 4.15. The first-order valence-electron chi connectivity index (χ1n) is 7.37. The highest BCUT2D eigenvalue weighted by atomic mass is 16.7. The topological polar surface area (TPSA) is 38.8 Å². The summed E-state index contributed by atoms with van der Waals surface area (Å²) < 4.78 is 11.2. The highest BCUT2D eigenvalue weighted by Crippen LogP contribution is 2.26. The van der Waals surface area contributed by atoms with Crippen LogP contribution in [-0.4, -0.2) is 42.9 Å². The van der Waals surface area contributed by atoms with Gasteiger partial charge in [0.25, 0.3) is 5.91 Å². The van der Waals surface area contributed by atoms with E-state index in [2.05, 4.69) is 0 Å². The summed E-state index contributed by atoms with van der Waals surface area (Å²) in [5.74, 6) is 0.104. The summed E-state index contributed by atoms with van der Waals surface area (Å²) in [5, 5.41) is 0. The fourth-order valence-corrected chi connectivity index (χ4v) is 3.06. The molecule has 2 aliphatic heterocycles. The van der Waals surface area contributed by atoms with E-state index in [1.165, 1.54) is 0 Å². The van der Waals surface area contributed by atoms with Gasteiger partial charge < -0.3 is 14.4 Å². The zero-order valence-electron chi connectivity index (χ0n) is 11.9. The Labute approximate surface area is 119 Å². The maximum Gasteiger partial charge on any atom is 0.254 e. The first kappa shape index (κ1) is 13.6. The highest BCUT2D eigenvalue weighted by molar-refractivity contribution is 5.95. The Morgan fingerprint density at radius 2 is 1.95 bits per heavy atom. The molecule has 0 aromatic heterocycles. The standard InChI is InChI=1S/C16H21NO3/c1-12-6-2-3-7-13(12)15(18)17-9-5-4-8-14(17)16-19-10-11-20-16/h2-3,6-7,14,16H,4-5,8-11H2,1H3/t14-/m0/s1. The molecule has 3 rings (SSSR count). The number of amides is 1. The summed E-state index contributed by atoms with van der Waals surface area (Å²) in [6.07, 6.45) is 2.90. The molecule has 1 aromatic rings. The fourth-order valence-electron chi connectivity index (χ4n) is 3.06. The molecule has 108 valence electrons. The molecule has 0 bridgehead atoms. The van der Waals surface area contributed by atoms with Crippen molar-refractivity contribution in [2.75, 3.05) is 19.8 Å². The van der Waals surface area contributed by atoms with Gasteiger partial charge in [-0.05, 0) is 37.8 Å². The molecule has 1 aromatic carbocycles. The fraction of sp³-hybridized carbons (Fsp3) is 0.562. The normalized spacial score (nSPS) is 24.1. The van der Waals surface area contributed by atoms with Crippen molar-refractivity contribution in [3.8, 4) is 0 Å². The molecule has 2 fully saturated rings. The van der Waals surface area contributed by atoms with E-state index in [4.69, 9.17) is 9.47 Å². The van der Waals surface area contributed by atoms with Gasteiger partial charge in [-0.2, -0.15) is 0 Å². The van der Waals surface area contributed by atoms with Crippen molar-refractivity contribution in [2.45, 2.75) is 38.5 Å². The molecule has 1 amide bonds.